The Bertz CT molecular complexity index is 589. The van der Waals surface area contributed by atoms with Crippen molar-refractivity contribution in [3.8, 4) is 11.5 Å². The number of methoxy groups -OCH3 is 2. The van der Waals surface area contributed by atoms with Gasteiger partial charge in [0, 0.05) is 0 Å². The molecule has 118 valence electrons. The smallest absolute Gasteiger partial charge is 0.396 e. The van der Waals surface area contributed by atoms with Crippen LogP contribution in [-0.4, -0.2) is 20.4 Å². The first-order valence-electron chi connectivity index (χ1n) is 6.77. The van der Waals surface area contributed by atoms with E-state index in [4.69, 9.17) is 9.47 Å². The third-order valence-electron chi connectivity index (χ3n) is 3.51. The molecule has 0 aromatic heterocycles. The first-order chi connectivity index (χ1) is 10.4. The molecule has 0 saturated carbocycles. The summed E-state index contributed by atoms with van der Waals surface area (Å²) in [7, 11) is 3.00. The van der Waals surface area contributed by atoms with Gasteiger partial charge in [-0.3, -0.25) is 0 Å². The van der Waals surface area contributed by atoms with E-state index in [1.54, 1.807) is 36.4 Å². The van der Waals surface area contributed by atoms with Crippen molar-refractivity contribution < 1.29 is 22.6 Å². The molecule has 0 heterocycles. The first-order valence-corrected chi connectivity index (χ1v) is 6.77. The average molecular weight is 310 g/mol. The number of alkyl halides is 3. The third kappa shape index (κ3) is 3.93. The van der Waals surface area contributed by atoms with E-state index in [1.807, 2.05) is 0 Å². The molecule has 2 aromatic carbocycles. The highest BCUT2D eigenvalue weighted by atomic mass is 19.4. The quantitative estimate of drug-likeness (QED) is 0.804. The summed E-state index contributed by atoms with van der Waals surface area (Å²) < 4.78 is 50.1. The largest absolute Gasteiger partial charge is 0.497 e. The van der Waals surface area contributed by atoms with Gasteiger partial charge in [-0.2, -0.15) is 13.2 Å². The van der Waals surface area contributed by atoms with Crippen LogP contribution in [0.4, 0.5) is 13.2 Å². The zero-order valence-electron chi connectivity index (χ0n) is 12.4. The van der Waals surface area contributed by atoms with Crippen molar-refractivity contribution in [1.29, 1.82) is 0 Å². The van der Waals surface area contributed by atoms with E-state index >= 15 is 0 Å². The maximum atomic E-state index is 13.4. The molecule has 0 bridgehead atoms. The molecule has 2 nitrogen and oxygen atoms in total. The van der Waals surface area contributed by atoms with E-state index in [-0.39, 0.29) is 12.0 Å². The Morgan fingerprint density at radius 2 is 1.27 bits per heavy atom. The normalized spacial score (nSPS) is 12.8. The Morgan fingerprint density at radius 1 is 0.818 bits per heavy atom. The molecule has 0 saturated heterocycles. The standard InChI is InChI=1S/C17H17F3O2/c1-21-14-7-3-12(4-8-14)11-16(17(18,19)20)13-5-9-15(22-2)10-6-13/h3-10,16H,11H2,1-2H3/t16-/m0/s1. The van der Waals surface area contributed by atoms with Crippen molar-refractivity contribution >= 4 is 0 Å². The molecule has 22 heavy (non-hydrogen) atoms. The predicted octanol–water partition coefficient (Wildman–Crippen LogP) is 4.59. The Morgan fingerprint density at radius 3 is 1.68 bits per heavy atom. The fourth-order valence-electron chi connectivity index (χ4n) is 2.26. The number of rotatable bonds is 5. The van der Waals surface area contributed by atoms with Crippen LogP contribution < -0.4 is 9.47 Å². The molecule has 0 aliphatic carbocycles. The summed E-state index contributed by atoms with van der Waals surface area (Å²) in [5, 5.41) is 0. The molecule has 0 N–H and O–H groups in total. The van der Waals surface area contributed by atoms with Crippen LogP contribution in [0, 0.1) is 0 Å². The molecule has 2 aromatic rings. The van der Waals surface area contributed by atoms with Crippen LogP contribution >= 0.6 is 0 Å². The van der Waals surface area contributed by atoms with Crippen molar-refractivity contribution in [3.63, 3.8) is 0 Å². The minimum Gasteiger partial charge on any atom is -0.497 e. The van der Waals surface area contributed by atoms with Crippen molar-refractivity contribution in [1.82, 2.24) is 0 Å². The summed E-state index contributed by atoms with van der Waals surface area (Å²) in [5.41, 5.74) is 0.836. The van der Waals surface area contributed by atoms with E-state index in [9.17, 15) is 13.2 Å². The second-order valence-corrected chi connectivity index (χ2v) is 4.92. The van der Waals surface area contributed by atoms with Crippen LogP contribution in [0.1, 0.15) is 17.0 Å². The Hall–Kier alpha value is -2.17. The van der Waals surface area contributed by atoms with E-state index in [0.717, 1.165) is 0 Å². The lowest BCUT2D eigenvalue weighted by atomic mass is 9.91. The van der Waals surface area contributed by atoms with Crippen LogP contribution in [-0.2, 0) is 6.42 Å². The highest BCUT2D eigenvalue weighted by Crippen LogP contribution is 2.38. The molecule has 0 amide bonds. The molecule has 0 aliphatic heterocycles. The zero-order valence-corrected chi connectivity index (χ0v) is 12.4. The van der Waals surface area contributed by atoms with Gasteiger partial charge >= 0.3 is 6.18 Å². The fourth-order valence-corrected chi connectivity index (χ4v) is 2.26. The average Bonchev–Trinajstić information content (AvgIpc) is 2.52. The van der Waals surface area contributed by atoms with Gasteiger partial charge in [-0.25, -0.2) is 0 Å². The molecule has 0 fully saturated rings. The molecule has 0 unspecified atom stereocenters. The molecule has 2 rings (SSSR count). The fraction of sp³-hybridized carbons (Fsp3) is 0.294. The van der Waals surface area contributed by atoms with Crippen LogP contribution in [0.3, 0.4) is 0 Å². The van der Waals surface area contributed by atoms with E-state index < -0.39 is 12.1 Å². The van der Waals surface area contributed by atoms with Gasteiger partial charge in [-0.15, -0.1) is 0 Å². The first kappa shape index (κ1) is 16.2. The predicted molar refractivity (Wildman–Crippen MR) is 78.5 cm³/mol. The summed E-state index contributed by atoms with van der Waals surface area (Å²) in [6, 6.07) is 12.6. The second kappa shape index (κ2) is 6.73. The lowest BCUT2D eigenvalue weighted by Crippen LogP contribution is -2.23. The summed E-state index contributed by atoms with van der Waals surface area (Å²) in [6.45, 7) is 0. The lowest BCUT2D eigenvalue weighted by molar-refractivity contribution is -0.150. The van der Waals surface area contributed by atoms with Crippen molar-refractivity contribution in [3.05, 3.63) is 59.7 Å². The van der Waals surface area contributed by atoms with Gasteiger partial charge in [-0.1, -0.05) is 24.3 Å². The van der Waals surface area contributed by atoms with Gasteiger partial charge < -0.3 is 9.47 Å². The number of ether oxygens (including phenoxy) is 2. The van der Waals surface area contributed by atoms with E-state index in [0.29, 0.717) is 17.1 Å². The van der Waals surface area contributed by atoms with Crippen LogP contribution in [0.2, 0.25) is 0 Å². The minimum absolute atomic E-state index is 0.111. The van der Waals surface area contributed by atoms with Crippen LogP contribution in [0.15, 0.2) is 48.5 Å². The minimum atomic E-state index is -4.31. The van der Waals surface area contributed by atoms with Crippen LogP contribution in [0.25, 0.3) is 0 Å². The molecule has 0 aliphatic rings. The van der Waals surface area contributed by atoms with Gasteiger partial charge in [-0.05, 0) is 41.8 Å². The van der Waals surface area contributed by atoms with E-state index in [1.165, 1.54) is 26.4 Å². The number of benzene rings is 2. The lowest BCUT2D eigenvalue weighted by Gasteiger charge is -2.21. The second-order valence-electron chi connectivity index (χ2n) is 4.92. The van der Waals surface area contributed by atoms with Gasteiger partial charge in [0.1, 0.15) is 11.5 Å². The van der Waals surface area contributed by atoms with Crippen molar-refractivity contribution in [2.24, 2.45) is 0 Å². The number of halogens is 3. The van der Waals surface area contributed by atoms with Gasteiger partial charge in [0.15, 0.2) is 0 Å². The monoisotopic (exact) mass is 310 g/mol. The van der Waals surface area contributed by atoms with Crippen molar-refractivity contribution in [2.75, 3.05) is 14.2 Å². The van der Waals surface area contributed by atoms with Gasteiger partial charge in [0.05, 0.1) is 20.1 Å². The Kier molecular flexibility index (Phi) is 4.96. The Balaban J connectivity index is 2.25. The molecular formula is C17H17F3O2. The van der Waals surface area contributed by atoms with E-state index in [2.05, 4.69) is 0 Å². The molecule has 5 heteroatoms. The summed E-state index contributed by atoms with van der Waals surface area (Å²) in [5.74, 6) is -0.391. The Labute approximate surface area is 127 Å². The van der Waals surface area contributed by atoms with Crippen molar-refractivity contribution in [2.45, 2.75) is 18.5 Å². The highest BCUT2D eigenvalue weighted by molar-refractivity contribution is 5.33. The summed E-state index contributed by atoms with van der Waals surface area (Å²) in [4.78, 5) is 0. The molecule has 1 atom stereocenters. The molecule has 0 radical (unpaired) electrons. The van der Waals surface area contributed by atoms with Gasteiger partial charge in [0.25, 0.3) is 0 Å². The zero-order chi connectivity index (χ0) is 16.2. The van der Waals surface area contributed by atoms with Gasteiger partial charge in [0.2, 0.25) is 0 Å². The summed E-state index contributed by atoms with van der Waals surface area (Å²) >= 11 is 0. The topological polar surface area (TPSA) is 18.5 Å². The highest BCUT2D eigenvalue weighted by Gasteiger charge is 2.40. The number of hydrogen-bond acceptors (Lipinski definition) is 2. The maximum absolute atomic E-state index is 13.4. The molecular weight excluding hydrogens is 293 g/mol. The SMILES string of the molecule is COc1ccc(C[C@@H](c2ccc(OC)cc2)C(F)(F)F)cc1. The maximum Gasteiger partial charge on any atom is 0.396 e. The number of hydrogen-bond donors (Lipinski definition) is 0. The third-order valence-corrected chi connectivity index (χ3v) is 3.51. The summed E-state index contributed by atoms with van der Waals surface area (Å²) in [6.07, 6.45) is -4.42. The van der Waals surface area contributed by atoms with Crippen LogP contribution in [0.5, 0.6) is 11.5 Å². The molecule has 0 spiro atoms.